The van der Waals surface area contributed by atoms with E-state index in [1.54, 1.807) is 20.2 Å². The van der Waals surface area contributed by atoms with Crippen molar-refractivity contribution in [2.75, 3.05) is 32.1 Å². The van der Waals surface area contributed by atoms with Crippen molar-refractivity contribution >= 4 is 17.6 Å². The lowest BCUT2D eigenvalue weighted by Crippen LogP contribution is -2.37. The number of aliphatic imine (C=N–C) groups is 1. The van der Waals surface area contributed by atoms with Crippen LogP contribution in [0.1, 0.15) is 24.0 Å². The molecule has 3 rings (SSSR count). The van der Waals surface area contributed by atoms with Crippen LogP contribution in [0.15, 0.2) is 47.5 Å². The molecule has 2 aromatic rings. The summed E-state index contributed by atoms with van der Waals surface area (Å²) in [7, 11) is 3.30. The molecule has 7 nitrogen and oxygen atoms in total. The smallest absolute Gasteiger partial charge is 0.227 e. The summed E-state index contributed by atoms with van der Waals surface area (Å²) in [5.74, 6) is 1.75. The van der Waals surface area contributed by atoms with Gasteiger partial charge >= 0.3 is 0 Å². The summed E-state index contributed by atoms with van der Waals surface area (Å²) in [4.78, 5) is 17.9. The fourth-order valence-electron chi connectivity index (χ4n) is 3.32. The van der Waals surface area contributed by atoms with Crippen molar-refractivity contribution < 1.29 is 14.6 Å². The lowest BCUT2D eigenvalue weighted by Gasteiger charge is -2.16. The summed E-state index contributed by atoms with van der Waals surface area (Å²) in [5, 5.41) is 16.6. The van der Waals surface area contributed by atoms with Gasteiger partial charge in [0.1, 0.15) is 11.5 Å². The number of guanidine groups is 1. The van der Waals surface area contributed by atoms with Crippen LogP contribution < -0.4 is 20.3 Å². The molecule has 0 radical (unpaired) electrons. The number of benzene rings is 2. The Morgan fingerprint density at radius 2 is 2.00 bits per heavy atom. The van der Waals surface area contributed by atoms with Crippen molar-refractivity contribution in [1.29, 1.82) is 0 Å². The fourth-order valence-corrected chi connectivity index (χ4v) is 3.32. The first-order valence-electron chi connectivity index (χ1n) is 9.80. The van der Waals surface area contributed by atoms with E-state index >= 15 is 0 Å². The lowest BCUT2D eigenvalue weighted by atomic mass is 10.1. The third-order valence-electron chi connectivity index (χ3n) is 4.98. The van der Waals surface area contributed by atoms with Crippen molar-refractivity contribution in [2.24, 2.45) is 4.99 Å². The normalized spacial score (nSPS) is 14.2. The number of nitrogens with zero attached hydrogens (tertiary/aromatic N) is 2. The lowest BCUT2D eigenvalue weighted by molar-refractivity contribution is -0.117. The first kappa shape index (κ1) is 20.5. The first-order valence-corrected chi connectivity index (χ1v) is 9.80. The molecule has 154 valence electrons. The molecule has 7 heteroatoms. The third-order valence-corrected chi connectivity index (χ3v) is 4.98. The molecule has 0 unspecified atom stereocenters. The van der Waals surface area contributed by atoms with Crippen molar-refractivity contribution in [3.63, 3.8) is 0 Å². The predicted molar refractivity (Wildman–Crippen MR) is 115 cm³/mol. The Labute approximate surface area is 171 Å². The van der Waals surface area contributed by atoms with Crippen LogP contribution in [0, 0.1) is 0 Å². The Bertz CT molecular complexity index is 865. The molecule has 1 saturated heterocycles. The summed E-state index contributed by atoms with van der Waals surface area (Å²) < 4.78 is 5.10. The van der Waals surface area contributed by atoms with Crippen molar-refractivity contribution in [3.05, 3.63) is 53.6 Å². The molecule has 0 spiro atoms. The Morgan fingerprint density at radius 3 is 2.62 bits per heavy atom. The largest absolute Gasteiger partial charge is 0.508 e. The maximum absolute atomic E-state index is 11.8. The molecule has 2 aromatic carbocycles. The second kappa shape index (κ2) is 9.82. The van der Waals surface area contributed by atoms with Crippen LogP contribution in [0.5, 0.6) is 11.5 Å². The molecule has 0 aromatic heterocycles. The van der Waals surface area contributed by atoms with Crippen molar-refractivity contribution in [3.8, 4) is 11.5 Å². The molecule has 0 aliphatic carbocycles. The van der Waals surface area contributed by atoms with E-state index in [0.717, 1.165) is 29.8 Å². The average Bonchev–Trinajstić information content (AvgIpc) is 3.17. The number of anilines is 1. The molecule has 1 fully saturated rings. The number of methoxy groups -OCH3 is 1. The number of carbonyl (C=O) groups is 1. The minimum atomic E-state index is 0.198. The highest BCUT2D eigenvalue weighted by atomic mass is 16.5. The number of nitrogens with one attached hydrogen (secondary N) is 2. The molecule has 1 heterocycles. The van der Waals surface area contributed by atoms with Gasteiger partial charge in [0.2, 0.25) is 5.91 Å². The molecular formula is C22H28N4O3. The average molecular weight is 396 g/mol. The van der Waals surface area contributed by atoms with Gasteiger partial charge in [0, 0.05) is 44.9 Å². The molecule has 0 saturated carbocycles. The van der Waals surface area contributed by atoms with Gasteiger partial charge in [0.25, 0.3) is 0 Å². The quantitative estimate of drug-likeness (QED) is 0.494. The van der Waals surface area contributed by atoms with E-state index in [4.69, 9.17) is 4.74 Å². The summed E-state index contributed by atoms with van der Waals surface area (Å²) in [6.07, 6.45) is 2.23. The fraction of sp³-hybridized carbons (Fsp3) is 0.364. The Hall–Kier alpha value is -3.22. The van der Waals surface area contributed by atoms with Crippen LogP contribution in [0.3, 0.4) is 0 Å². The molecule has 29 heavy (non-hydrogen) atoms. The van der Waals surface area contributed by atoms with E-state index in [1.807, 2.05) is 41.3 Å². The zero-order chi connectivity index (χ0) is 20.6. The van der Waals surface area contributed by atoms with Crippen LogP contribution >= 0.6 is 0 Å². The van der Waals surface area contributed by atoms with Gasteiger partial charge in [0.15, 0.2) is 5.96 Å². The van der Waals surface area contributed by atoms with Gasteiger partial charge < -0.3 is 25.4 Å². The number of amides is 1. The van der Waals surface area contributed by atoms with Gasteiger partial charge in [-0.3, -0.25) is 9.79 Å². The number of ether oxygens (including phenoxy) is 1. The van der Waals surface area contributed by atoms with Gasteiger partial charge in [-0.2, -0.15) is 0 Å². The van der Waals surface area contributed by atoms with Gasteiger partial charge in [-0.15, -0.1) is 0 Å². The second-order valence-electron chi connectivity index (χ2n) is 6.91. The third kappa shape index (κ3) is 5.40. The Kier molecular flexibility index (Phi) is 6.94. The zero-order valence-electron chi connectivity index (χ0n) is 16.9. The SMILES string of the molecule is CN=C(NCCc1ccc(OC)cc1O)NCc1ccc(N2CCCC2=O)cc1. The molecule has 1 amide bonds. The predicted octanol–water partition coefficient (Wildman–Crippen LogP) is 2.44. The highest BCUT2D eigenvalue weighted by Crippen LogP contribution is 2.23. The van der Waals surface area contributed by atoms with E-state index in [9.17, 15) is 9.90 Å². The first-order chi connectivity index (χ1) is 14.1. The molecular weight excluding hydrogens is 368 g/mol. The van der Waals surface area contributed by atoms with Crippen LogP contribution in [-0.2, 0) is 17.8 Å². The van der Waals surface area contributed by atoms with Gasteiger partial charge in [-0.25, -0.2) is 0 Å². The van der Waals surface area contributed by atoms with Crippen molar-refractivity contribution in [1.82, 2.24) is 10.6 Å². The Morgan fingerprint density at radius 1 is 1.21 bits per heavy atom. The highest BCUT2D eigenvalue weighted by Gasteiger charge is 2.21. The Balaban J connectivity index is 1.46. The monoisotopic (exact) mass is 396 g/mol. The number of aromatic hydroxyl groups is 1. The number of phenolic OH excluding ortho intramolecular Hbond substituents is 1. The van der Waals surface area contributed by atoms with E-state index < -0.39 is 0 Å². The van der Waals surface area contributed by atoms with Crippen molar-refractivity contribution in [2.45, 2.75) is 25.8 Å². The van der Waals surface area contributed by atoms with Gasteiger partial charge in [0.05, 0.1) is 7.11 Å². The highest BCUT2D eigenvalue weighted by molar-refractivity contribution is 5.95. The summed E-state index contributed by atoms with van der Waals surface area (Å²) >= 11 is 0. The van der Waals surface area contributed by atoms with Gasteiger partial charge in [-0.05, 0) is 42.2 Å². The zero-order valence-corrected chi connectivity index (χ0v) is 16.9. The number of phenols is 1. The topological polar surface area (TPSA) is 86.2 Å². The van der Waals surface area contributed by atoms with E-state index in [0.29, 0.717) is 37.6 Å². The van der Waals surface area contributed by atoms with E-state index in [-0.39, 0.29) is 11.7 Å². The summed E-state index contributed by atoms with van der Waals surface area (Å²) in [5.41, 5.74) is 2.91. The number of hydrogen-bond donors (Lipinski definition) is 3. The minimum Gasteiger partial charge on any atom is -0.508 e. The number of carbonyl (C=O) groups excluding carboxylic acids is 1. The standard InChI is InChI=1S/C22H28N4O3/c1-23-22(24-12-11-17-7-10-19(29-2)14-20(17)27)25-15-16-5-8-18(9-6-16)26-13-3-4-21(26)28/h5-10,14,27H,3-4,11-13,15H2,1-2H3,(H2,23,24,25). The van der Waals surface area contributed by atoms with Crippen LogP contribution in [0.4, 0.5) is 5.69 Å². The van der Waals surface area contributed by atoms with Crippen LogP contribution in [-0.4, -0.2) is 44.2 Å². The molecule has 0 atom stereocenters. The summed E-state index contributed by atoms with van der Waals surface area (Å²) in [6.45, 7) is 2.06. The van der Waals surface area contributed by atoms with Gasteiger partial charge in [-0.1, -0.05) is 18.2 Å². The molecule has 1 aliphatic heterocycles. The van der Waals surface area contributed by atoms with Crippen LogP contribution in [0.2, 0.25) is 0 Å². The number of hydrogen-bond acceptors (Lipinski definition) is 4. The maximum Gasteiger partial charge on any atom is 0.227 e. The molecule has 1 aliphatic rings. The maximum atomic E-state index is 11.8. The minimum absolute atomic E-state index is 0.198. The van der Waals surface area contributed by atoms with E-state index in [2.05, 4.69) is 15.6 Å². The van der Waals surface area contributed by atoms with E-state index in [1.165, 1.54) is 0 Å². The second-order valence-corrected chi connectivity index (χ2v) is 6.91. The van der Waals surface area contributed by atoms with Crippen LogP contribution in [0.25, 0.3) is 0 Å². The molecule has 3 N–H and O–H groups in total. The summed E-state index contributed by atoms with van der Waals surface area (Å²) in [6, 6.07) is 13.3. The molecule has 0 bridgehead atoms. The number of rotatable bonds is 7.